The molecule has 20 heavy (non-hydrogen) atoms. The van der Waals surface area contributed by atoms with Gasteiger partial charge in [-0.25, -0.2) is 4.98 Å². The third kappa shape index (κ3) is 2.44. The van der Waals surface area contributed by atoms with E-state index in [2.05, 4.69) is 10.3 Å². The van der Waals surface area contributed by atoms with Gasteiger partial charge in [0.2, 0.25) is 0 Å². The molecule has 6 heteroatoms. The SMILES string of the molecule is O=[N+]([O-])c1ccc2nc(NCc3ccoc3)ccc2c1. The van der Waals surface area contributed by atoms with Crippen LogP contribution in [0.25, 0.3) is 10.9 Å². The van der Waals surface area contributed by atoms with E-state index in [-0.39, 0.29) is 5.69 Å². The fraction of sp³-hybridized carbons (Fsp3) is 0.0714. The molecule has 0 spiro atoms. The van der Waals surface area contributed by atoms with Crippen molar-refractivity contribution < 1.29 is 9.34 Å². The summed E-state index contributed by atoms with van der Waals surface area (Å²) in [5.74, 6) is 0.715. The second-order valence-electron chi connectivity index (χ2n) is 4.32. The lowest BCUT2D eigenvalue weighted by Crippen LogP contribution is -2.00. The first-order valence-corrected chi connectivity index (χ1v) is 6.02. The van der Waals surface area contributed by atoms with Gasteiger partial charge in [-0.15, -0.1) is 0 Å². The highest BCUT2D eigenvalue weighted by Gasteiger charge is 2.07. The maximum atomic E-state index is 10.7. The molecule has 3 rings (SSSR count). The number of anilines is 1. The minimum atomic E-state index is -0.412. The summed E-state index contributed by atoms with van der Waals surface area (Å²) in [6.07, 6.45) is 3.28. The number of nitrogens with one attached hydrogen (secondary N) is 1. The van der Waals surface area contributed by atoms with Crippen LogP contribution < -0.4 is 5.32 Å². The van der Waals surface area contributed by atoms with Crippen molar-refractivity contribution in [2.75, 3.05) is 5.32 Å². The van der Waals surface area contributed by atoms with Crippen LogP contribution in [0.1, 0.15) is 5.56 Å². The van der Waals surface area contributed by atoms with Crippen molar-refractivity contribution >= 4 is 22.4 Å². The topological polar surface area (TPSA) is 81.2 Å². The third-order valence-corrected chi connectivity index (χ3v) is 2.94. The number of hydrogen-bond acceptors (Lipinski definition) is 5. The number of pyridine rings is 1. The van der Waals surface area contributed by atoms with Crippen LogP contribution in [0, 0.1) is 10.1 Å². The Hall–Kier alpha value is -2.89. The lowest BCUT2D eigenvalue weighted by molar-refractivity contribution is -0.384. The van der Waals surface area contributed by atoms with Crippen molar-refractivity contribution in [1.29, 1.82) is 0 Å². The highest BCUT2D eigenvalue weighted by atomic mass is 16.6. The van der Waals surface area contributed by atoms with Crippen LogP contribution in [0.5, 0.6) is 0 Å². The monoisotopic (exact) mass is 269 g/mol. The predicted octanol–water partition coefficient (Wildman–Crippen LogP) is 3.35. The molecule has 2 heterocycles. The summed E-state index contributed by atoms with van der Waals surface area (Å²) in [7, 11) is 0. The number of fused-ring (bicyclic) bond motifs is 1. The minimum absolute atomic E-state index is 0.0680. The molecule has 6 nitrogen and oxygen atoms in total. The first-order valence-electron chi connectivity index (χ1n) is 6.02. The van der Waals surface area contributed by atoms with Gasteiger partial charge in [0.05, 0.1) is 23.0 Å². The van der Waals surface area contributed by atoms with Gasteiger partial charge in [-0.05, 0) is 24.3 Å². The zero-order chi connectivity index (χ0) is 13.9. The van der Waals surface area contributed by atoms with Crippen LogP contribution in [0.2, 0.25) is 0 Å². The molecule has 0 aliphatic carbocycles. The molecule has 1 aromatic carbocycles. The zero-order valence-corrected chi connectivity index (χ0v) is 10.4. The van der Waals surface area contributed by atoms with E-state index in [1.807, 2.05) is 12.1 Å². The molecule has 0 fully saturated rings. The highest BCUT2D eigenvalue weighted by molar-refractivity contribution is 5.82. The number of hydrogen-bond donors (Lipinski definition) is 1. The molecular formula is C14H11N3O3. The van der Waals surface area contributed by atoms with Crippen molar-refractivity contribution in [2.45, 2.75) is 6.54 Å². The summed E-state index contributed by atoms with van der Waals surface area (Å²) in [5, 5.41) is 14.6. The predicted molar refractivity (Wildman–Crippen MR) is 74.4 cm³/mol. The number of nitro benzene ring substituents is 1. The van der Waals surface area contributed by atoms with E-state index in [1.165, 1.54) is 12.1 Å². The molecular weight excluding hydrogens is 258 g/mol. The Morgan fingerprint density at radius 2 is 2.15 bits per heavy atom. The average Bonchev–Trinajstić information content (AvgIpc) is 2.97. The summed E-state index contributed by atoms with van der Waals surface area (Å²) in [4.78, 5) is 14.7. The molecule has 0 saturated heterocycles. The molecule has 0 aliphatic heterocycles. The average molecular weight is 269 g/mol. The van der Waals surface area contributed by atoms with E-state index in [1.54, 1.807) is 24.7 Å². The number of aromatic nitrogens is 1. The van der Waals surface area contributed by atoms with Crippen LogP contribution in [0.4, 0.5) is 11.5 Å². The Morgan fingerprint density at radius 1 is 1.25 bits per heavy atom. The van der Waals surface area contributed by atoms with E-state index in [0.717, 1.165) is 10.9 Å². The molecule has 0 unspecified atom stereocenters. The van der Waals surface area contributed by atoms with Gasteiger partial charge < -0.3 is 9.73 Å². The molecule has 2 aromatic heterocycles. The summed E-state index contributed by atoms with van der Waals surface area (Å²) in [5.41, 5.74) is 1.81. The van der Waals surface area contributed by atoms with Gasteiger partial charge in [-0.3, -0.25) is 10.1 Å². The number of benzene rings is 1. The number of rotatable bonds is 4. The van der Waals surface area contributed by atoms with E-state index < -0.39 is 4.92 Å². The van der Waals surface area contributed by atoms with Gasteiger partial charge in [0, 0.05) is 29.6 Å². The Morgan fingerprint density at radius 3 is 2.90 bits per heavy atom. The lowest BCUT2D eigenvalue weighted by atomic mass is 10.2. The summed E-state index contributed by atoms with van der Waals surface area (Å²) in [6.45, 7) is 0.613. The van der Waals surface area contributed by atoms with E-state index in [0.29, 0.717) is 17.9 Å². The lowest BCUT2D eigenvalue weighted by Gasteiger charge is -2.05. The Balaban J connectivity index is 1.83. The van der Waals surface area contributed by atoms with Crippen LogP contribution >= 0.6 is 0 Å². The van der Waals surface area contributed by atoms with Gasteiger partial charge in [0.1, 0.15) is 5.82 Å². The van der Waals surface area contributed by atoms with Crippen LogP contribution in [-0.4, -0.2) is 9.91 Å². The summed E-state index contributed by atoms with van der Waals surface area (Å²) < 4.78 is 4.98. The van der Waals surface area contributed by atoms with E-state index in [9.17, 15) is 10.1 Å². The maximum Gasteiger partial charge on any atom is 0.270 e. The van der Waals surface area contributed by atoms with Gasteiger partial charge in [0.25, 0.3) is 5.69 Å². The van der Waals surface area contributed by atoms with Gasteiger partial charge in [-0.2, -0.15) is 0 Å². The molecule has 0 radical (unpaired) electrons. The van der Waals surface area contributed by atoms with Crippen molar-refractivity contribution in [3.8, 4) is 0 Å². The Kier molecular flexibility index (Phi) is 3.04. The van der Waals surface area contributed by atoms with Crippen LogP contribution in [-0.2, 0) is 6.54 Å². The highest BCUT2D eigenvalue weighted by Crippen LogP contribution is 2.21. The molecule has 3 aromatic rings. The third-order valence-electron chi connectivity index (χ3n) is 2.94. The fourth-order valence-electron chi connectivity index (χ4n) is 1.91. The standard InChI is InChI=1S/C14H11N3O3/c18-17(19)12-2-3-13-11(7-12)1-4-14(16-13)15-8-10-5-6-20-9-10/h1-7,9H,8H2,(H,15,16). The first-order chi connectivity index (χ1) is 9.72. The van der Waals surface area contributed by atoms with Crippen LogP contribution in [0.15, 0.2) is 53.3 Å². The molecule has 0 amide bonds. The number of nitrogens with zero attached hydrogens (tertiary/aromatic N) is 2. The summed E-state index contributed by atoms with van der Waals surface area (Å²) >= 11 is 0. The molecule has 0 bridgehead atoms. The zero-order valence-electron chi connectivity index (χ0n) is 10.4. The van der Waals surface area contributed by atoms with E-state index >= 15 is 0 Å². The van der Waals surface area contributed by atoms with Crippen molar-refractivity contribution in [1.82, 2.24) is 4.98 Å². The second-order valence-corrected chi connectivity index (χ2v) is 4.32. The molecule has 0 saturated carbocycles. The smallest absolute Gasteiger partial charge is 0.270 e. The normalized spacial score (nSPS) is 10.6. The van der Waals surface area contributed by atoms with Gasteiger partial charge in [-0.1, -0.05) is 0 Å². The van der Waals surface area contributed by atoms with Gasteiger partial charge >= 0.3 is 0 Å². The molecule has 100 valence electrons. The Bertz CT molecular complexity index is 753. The molecule has 0 atom stereocenters. The fourth-order valence-corrected chi connectivity index (χ4v) is 1.91. The molecule has 1 N–H and O–H groups in total. The number of non-ortho nitro benzene ring substituents is 1. The van der Waals surface area contributed by atoms with E-state index in [4.69, 9.17) is 4.42 Å². The first kappa shape index (κ1) is 12.2. The second kappa shape index (κ2) is 5.00. The maximum absolute atomic E-state index is 10.7. The van der Waals surface area contributed by atoms with Crippen molar-refractivity contribution in [2.24, 2.45) is 0 Å². The molecule has 0 aliphatic rings. The summed E-state index contributed by atoms with van der Waals surface area (Å²) in [6, 6.07) is 10.1. The van der Waals surface area contributed by atoms with Crippen LogP contribution in [0.3, 0.4) is 0 Å². The van der Waals surface area contributed by atoms with Crippen molar-refractivity contribution in [3.63, 3.8) is 0 Å². The van der Waals surface area contributed by atoms with Gasteiger partial charge in [0.15, 0.2) is 0 Å². The number of nitro groups is 1. The van der Waals surface area contributed by atoms with Crippen molar-refractivity contribution in [3.05, 3.63) is 64.6 Å². The quantitative estimate of drug-likeness (QED) is 0.580. The largest absolute Gasteiger partial charge is 0.472 e. The minimum Gasteiger partial charge on any atom is -0.472 e. The number of furan rings is 1. The Labute approximate surface area is 114 Å².